The first-order valence-corrected chi connectivity index (χ1v) is 7.96. The average Bonchev–Trinajstić information content (AvgIpc) is 2.85. The third-order valence-electron chi connectivity index (χ3n) is 3.57. The van der Waals surface area contributed by atoms with Gasteiger partial charge in [0.05, 0.1) is 11.8 Å². The molecule has 23 heavy (non-hydrogen) atoms. The topological polar surface area (TPSA) is 70.7 Å². The van der Waals surface area contributed by atoms with Crippen LogP contribution in [0.15, 0.2) is 39.4 Å². The number of hydrogen-bond donors (Lipinski definition) is 1. The molecule has 0 saturated heterocycles. The number of aliphatic carboxylic acids is 1. The summed E-state index contributed by atoms with van der Waals surface area (Å²) in [7, 11) is 1.71. The third kappa shape index (κ3) is 4.45. The molecule has 0 fully saturated rings. The van der Waals surface area contributed by atoms with Crippen LogP contribution < -0.4 is 0 Å². The second kappa shape index (κ2) is 7.46. The Kier molecular flexibility index (Phi) is 5.60. The highest BCUT2D eigenvalue weighted by molar-refractivity contribution is 9.10. The fourth-order valence-electron chi connectivity index (χ4n) is 2.29. The van der Waals surface area contributed by atoms with Crippen molar-refractivity contribution in [3.05, 3.63) is 57.5 Å². The molecule has 1 heterocycles. The molecule has 0 aliphatic rings. The Labute approximate surface area is 143 Å². The Bertz CT molecular complexity index is 706. The highest BCUT2D eigenvalue weighted by atomic mass is 79.9. The van der Waals surface area contributed by atoms with Gasteiger partial charge in [-0.25, -0.2) is 0 Å². The highest BCUT2D eigenvalue weighted by Crippen LogP contribution is 2.19. The van der Waals surface area contributed by atoms with Crippen LogP contribution in [0.1, 0.15) is 27.2 Å². The molecular formula is C17H18BrNO4. The predicted octanol–water partition coefficient (Wildman–Crippen LogP) is 3.29. The maximum Gasteiger partial charge on any atom is 0.311 e. The van der Waals surface area contributed by atoms with Crippen molar-refractivity contribution in [3.63, 3.8) is 0 Å². The van der Waals surface area contributed by atoms with Crippen molar-refractivity contribution in [2.45, 2.75) is 19.8 Å². The number of nitrogens with zero attached hydrogens (tertiary/aromatic N) is 1. The molecule has 2 aromatic rings. The number of halogens is 1. The van der Waals surface area contributed by atoms with Gasteiger partial charge in [0.1, 0.15) is 12.2 Å². The standard InChI is InChI=1S/C17H18BrNO4/c1-11-10-23-14(9-15(20)21)16(11)17(22)19(2)8-7-12-3-5-13(18)6-4-12/h3-6,10H,7-9H2,1-2H3,(H,20,21). The smallest absolute Gasteiger partial charge is 0.311 e. The number of carbonyl (C=O) groups is 2. The normalized spacial score (nSPS) is 10.6. The summed E-state index contributed by atoms with van der Waals surface area (Å²) in [5, 5.41) is 8.91. The van der Waals surface area contributed by atoms with Gasteiger partial charge < -0.3 is 14.4 Å². The number of amides is 1. The SMILES string of the molecule is Cc1coc(CC(=O)O)c1C(=O)N(C)CCc1ccc(Br)cc1. The number of rotatable bonds is 6. The second-order valence-electron chi connectivity index (χ2n) is 5.39. The quantitative estimate of drug-likeness (QED) is 0.835. The Morgan fingerprint density at radius 1 is 1.26 bits per heavy atom. The first-order chi connectivity index (χ1) is 10.9. The van der Waals surface area contributed by atoms with E-state index >= 15 is 0 Å². The minimum Gasteiger partial charge on any atom is -0.481 e. The molecule has 0 unspecified atom stereocenters. The lowest BCUT2D eigenvalue weighted by Gasteiger charge is -2.17. The van der Waals surface area contributed by atoms with Crippen LogP contribution in [-0.2, 0) is 17.6 Å². The van der Waals surface area contributed by atoms with Crippen LogP contribution in [0, 0.1) is 6.92 Å². The fourth-order valence-corrected chi connectivity index (χ4v) is 2.56. The summed E-state index contributed by atoms with van der Waals surface area (Å²) in [6, 6.07) is 7.92. The molecule has 122 valence electrons. The second-order valence-corrected chi connectivity index (χ2v) is 6.31. The number of carboxylic acid groups (broad SMARTS) is 1. The van der Waals surface area contributed by atoms with Crippen LogP contribution in [0.25, 0.3) is 0 Å². The van der Waals surface area contributed by atoms with Gasteiger partial charge in [-0.2, -0.15) is 0 Å². The van der Waals surface area contributed by atoms with Gasteiger partial charge in [-0.3, -0.25) is 9.59 Å². The highest BCUT2D eigenvalue weighted by Gasteiger charge is 2.23. The molecule has 2 rings (SSSR count). The zero-order chi connectivity index (χ0) is 17.0. The third-order valence-corrected chi connectivity index (χ3v) is 4.10. The number of benzene rings is 1. The molecule has 0 aliphatic carbocycles. The van der Waals surface area contributed by atoms with Crippen molar-refractivity contribution in [1.82, 2.24) is 4.90 Å². The van der Waals surface area contributed by atoms with Crippen LogP contribution in [0.4, 0.5) is 0 Å². The molecule has 1 amide bonds. The van der Waals surface area contributed by atoms with Crippen molar-refractivity contribution >= 4 is 27.8 Å². The van der Waals surface area contributed by atoms with E-state index in [0.717, 1.165) is 16.5 Å². The van der Waals surface area contributed by atoms with Gasteiger partial charge in [0.25, 0.3) is 5.91 Å². The number of furan rings is 1. The molecule has 0 atom stereocenters. The zero-order valence-electron chi connectivity index (χ0n) is 13.0. The summed E-state index contributed by atoms with van der Waals surface area (Å²) in [6.45, 7) is 2.28. The van der Waals surface area contributed by atoms with Gasteiger partial charge in [-0.15, -0.1) is 0 Å². The largest absolute Gasteiger partial charge is 0.481 e. The first-order valence-electron chi connectivity index (χ1n) is 7.17. The Morgan fingerprint density at radius 2 is 1.91 bits per heavy atom. The summed E-state index contributed by atoms with van der Waals surface area (Å²) in [5.74, 6) is -1.04. The fraction of sp³-hybridized carbons (Fsp3) is 0.294. The van der Waals surface area contributed by atoms with Crippen molar-refractivity contribution in [2.24, 2.45) is 0 Å². The van der Waals surface area contributed by atoms with E-state index < -0.39 is 5.97 Å². The van der Waals surface area contributed by atoms with Crippen LogP contribution in [0.2, 0.25) is 0 Å². The summed E-state index contributed by atoms with van der Waals surface area (Å²) >= 11 is 3.39. The van der Waals surface area contributed by atoms with Gasteiger partial charge in [-0.1, -0.05) is 28.1 Å². The van der Waals surface area contributed by atoms with Gasteiger partial charge in [0, 0.05) is 23.6 Å². The lowest BCUT2D eigenvalue weighted by atomic mass is 10.1. The zero-order valence-corrected chi connectivity index (χ0v) is 14.6. The Balaban J connectivity index is 2.06. The Hall–Kier alpha value is -2.08. The van der Waals surface area contributed by atoms with Crippen molar-refractivity contribution < 1.29 is 19.1 Å². The summed E-state index contributed by atoms with van der Waals surface area (Å²) in [6.07, 6.45) is 1.85. The molecule has 1 N–H and O–H groups in total. The first kappa shape index (κ1) is 17.3. The molecule has 0 radical (unpaired) electrons. The monoisotopic (exact) mass is 379 g/mol. The van der Waals surface area contributed by atoms with E-state index in [1.165, 1.54) is 6.26 Å². The number of aryl methyl sites for hydroxylation is 1. The predicted molar refractivity (Wildman–Crippen MR) is 89.6 cm³/mol. The summed E-state index contributed by atoms with van der Waals surface area (Å²) in [4.78, 5) is 25.0. The molecule has 1 aromatic heterocycles. The summed E-state index contributed by atoms with van der Waals surface area (Å²) < 4.78 is 6.23. The van der Waals surface area contributed by atoms with Crippen LogP contribution in [0.3, 0.4) is 0 Å². The molecule has 0 spiro atoms. The minimum atomic E-state index is -1.02. The molecule has 0 bridgehead atoms. The van der Waals surface area contributed by atoms with E-state index in [9.17, 15) is 9.59 Å². The number of likely N-dealkylation sites (N-methyl/N-ethyl adjacent to an activating group) is 1. The lowest BCUT2D eigenvalue weighted by Crippen LogP contribution is -2.30. The van der Waals surface area contributed by atoms with Gasteiger partial charge >= 0.3 is 5.97 Å². The van der Waals surface area contributed by atoms with Gasteiger partial charge in [0.2, 0.25) is 0 Å². The molecule has 0 saturated carbocycles. The number of hydrogen-bond acceptors (Lipinski definition) is 3. The summed E-state index contributed by atoms with van der Waals surface area (Å²) in [5.41, 5.74) is 2.13. The van der Waals surface area contributed by atoms with Crippen LogP contribution in [-0.4, -0.2) is 35.5 Å². The molecular weight excluding hydrogens is 362 g/mol. The molecule has 5 nitrogen and oxygen atoms in total. The van der Waals surface area contributed by atoms with E-state index in [4.69, 9.17) is 9.52 Å². The maximum atomic E-state index is 12.6. The van der Waals surface area contributed by atoms with E-state index in [-0.39, 0.29) is 18.1 Å². The molecule has 0 aliphatic heterocycles. The van der Waals surface area contributed by atoms with Crippen LogP contribution >= 0.6 is 15.9 Å². The van der Waals surface area contributed by atoms with Crippen molar-refractivity contribution in [2.75, 3.05) is 13.6 Å². The number of carboxylic acids is 1. The van der Waals surface area contributed by atoms with Gasteiger partial charge in [0.15, 0.2) is 0 Å². The van der Waals surface area contributed by atoms with E-state index in [1.54, 1.807) is 18.9 Å². The van der Waals surface area contributed by atoms with E-state index in [2.05, 4.69) is 15.9 Å². The van der Waals surface area contributed by atoms with Crippen molar-refractivity contribution in [1.29, 1.82) is 0 Å². The lowest BCUT2D eigenvalue weighted by molar-refractivity contribution is -0.136. The average molecular weight is 380 g/mol. The molecule has 1 aromatic carbocycles. The minimum absolute atomic E-state index is 0.204. The van der Waals surface area contributed by atoms with Crippen molar-refractivity contribution in [3.8, 4) is 0 Å². The Morgan fingerprint density at radius 3 is 2.52 bits per heavy atom. The van der Waals surface area contributed by atoms with E-state index in [0.29, 0.717) is 17.7 Å². The number of carbonyl (C=O) groups excluding carboxylic acids is 1. The van der Waals surface area contributed by atoms with Gasteiger partial charge in [-0.05, 0) is 31.0 Å². The van der Waals surface area contributed by atoms with E-state index in [1.807, 2.05) is 24.3 Å². The molecule has 6 heteroatoms. The van der Waals surface area contributed by atoms with Crippen LogP contribution in [0.5, 0.6) is 0 Å². The maximum absolute atomic E-state index is 12.6.